The summed E-state index contributed by atoms with van der Waals surface area (Å²) in [5, 5.41) is 16.5. The number of ether oxygens (including phenoxy) is 1. The molecule has 0 radical (unpaired) electrons. The number of aromatic nitrogens is 3. The molecule has 5 nitrogen and oxygen atoms in total. The topological polar surface area (TPSA) is 60.2 Å². The van der Waals surface area contributed by atoms with Crippen molar-refractivity contribution >= 4 is 0 Å². The van der Waals surface area contributed by atoms with Crippen LogP contribution >= 0.6 is 0 Å². The van der Waals surface area contributed by atoms with Gasteiger partial charge in [-0.05, 0) is 0 Å². The molecule has 12 heavy (non-hydrogen) atoms. The number of aliphatic hydroxyl groups excluding tert-OH is 1. The smallest absolute Gasteiger partial charge is 0.113 e. The fraction of sp³-hybridized carbons (Fsp3) is 0.714. The van der Waals surface area contributed by atoms with E-state index in [2.05, 4.69) is 10.3 Å². The van der Waals surface area contributed by atoms with Gasteiger partial charge in [0.1, 0.15) is 5.54 Å². The Labute approximate surface area is 70.0 Å². The standard InChI is InChI=1S/C7H11N3O2/c11-4-1-7(5-12-6-7)10-3-2-8-9-10/h2-3,11H,1,4-6H2. The minimum absolute atomic E-state index is 0.134. The molecule has 66 valence electrons. The van der Waals surface area contributed by atoms with Gasteiger partial charge in [-0.1, -0.05) is 5.21 Å². The van der Waals surface area contributed by atoms with Crippen molar-refractivity contribution in [3.05, 3.63) is 12.4 Å². The Balaban J connectivity index is 2.17. The molecule has 0 aromatic carbocycles. The third-order valence-electron chi connectivity index (χ3n) is 2.23. The molecular weight excluding hydrogens is 158 g/mol. The highest BCUT2D eigenvalue weighted by atomic mass is 16.5. The summed E-state index contributed by atoms with van der Waals surface area (Å²) in [7, 11) is 0. The van der Waals surface area contributed by atoms with Crippen LogP contribution in [-0.4, -0.2) is 39.9 Å². The molecular formula is C7H11N3O2. The lowest BCUT2D eigenvalue weighted by atomic mass is 9.94. The predicted octanol–water partition coefficient (Wildman–Crippen LogP) is -0.614. The zero-order valence-corrected chi connectivity index (χ0v) is 6.68. The Bertz CT molecular complexity index is 243. The SMILES string of the molecule is OCCC1(n2ccnn2)COC1. The number of nitrogens with zero attached hydrogens (tertiary/aromatic N) is 3. The molecule has 2 heterocycles. The molecule has 5 heteroatoms. The molecule has 0 saturated carbocycles. The molecule has 1 saturated heterocycles. The molecule has 1 aliphatic heterocycles. The van der Waals surface area contributed by atoms with E-state index in [0.717, 1.165) is 0 Å². The molecule has 0 aliphatic carbocycles. The minimum atomic E-state index is -0.134. The quantitative estimate of drug-likeness (QED) is 0.655. The van der Waals surface area contributed by atoms with Crippen LogP contribution in [0.15, 0.2) is 12.4 Å². The van der Waals surface area contributed by atoms with E-state index in [9.17, 15) is 0 Å². The molecule has 1 fully saturated rings. The molecule has 0 unspecified atom stereocenters. The van der Waals surface area contributed by atoms with Crippen LogP contribution in [-0.2, 0) is 10.3 Å². The first kappa shape index (κ1) is 7.70. The van der Waals surface area contributed by atoms with E-state index in [1.54, 1.807) is 17.1 Å². The molecule has 1 aromatic heterocycles. The Morgan fingerprint density at radius 3 is 2.83 bits per heavy atom. The van der Waals surface area contributed by atoms with Gasteiger partial charge in [-0.25, -0.2) is 4.68 Å². The Kier molecular flexibility index (Phi) is 1.82. The van der Waals surface area contributed by atoms with E-state index in [1.807, 2.05) is 0 Å². The Morgan fingerprint density at radius 1 is 1.58 bits per heavy atom. The molecule has 1 aromatic rings. The lowest BCUT2D eigenvalue weighted by Gasteiger charge is -2.40. The third kappa shape index (κ3) is 1.02. The number of hydrogen-bond acceptors (Lipinski definition) is 4. The molecule has 0 bridgehead atoms. The maximum atomic E-state index is 8.85. The summed E-state index contributed by atoms with van der Waals surface area (Å²) >= 11 is 0. The highest BCUT2D eigenvalue weighted by molar-refractivity contribution is 4.92. The summed E-state index contributed by atoms with van der Waals surface area (Å²) in [6, 6.07) is 0. The largest absolute Gasteiger partial charge is 0.396 e. The highest BCUT2D eigenvalue weighted by Crippen LogP contribution is 2.28. The second-order valence-electron chi connectivity index (χ2n) is 3.04. The second kappa shape index (κ2) is 2.84. The molecule has 1 N–H and O–H groups in total. The molecule has 0 atom stereocenters. The van der Waals surface area contributed by atoms with Crippen LogP contribution in [0.4, 0.5) is 0 Å². The lowest BCUT2D eigenvalue weighted by molar-refractivity contribution is -0.117. The van der Waals surface area contributed by atoms with E-state index in [-0.39, 0.29) is 12.1 Å². The van der Waals surface area contributed by atoms with Gasteiger partial charge in [0.25, 0.3) is 0 Å². The van der Waals surface area contributed by atoms with Gasteiger partial charge < -0.3 is 9.84 Å². The summed E-state index contributed by atoms with van der Waals surface area (Å²) in [4.78, 5) is 0. The first-order chi connectivity index (χ1) is 5.87. The normalized spacial score (nSPS) is 20.4. The van der Waals surface area contributed by atoms with Crippen molar-refractivity contribution in [2.75, 3.05) is 19.8 Å². The van der Waals surface area contributed by atoms with Crippen LogP contribution in [0.25, 0.3) is 0 Å². The van der Waals surface area contributed by atoms with E-state index >= 15 is 0 Å². The number of rotatable bonds is 3. The monoisotopic (exact) mass is 169 g/mol. The Morgan fingerprint density at radius 2 is 2.42 bits per heavy atom. The lowest BCUT2D eigenvalue weighted by Crippen LogP contribution is -2.52. The molecule has 0 spiro atoms. The number of hydrogen-bond donors (Lipinski definition) is 1. The van der Waals surface area contributed by atoms with Crippen molar-refractivity contribution in [1.29, 1.82) is 0 Å². The van der Waals surface area contributed by atoms with Crippen LogP contribution in [0.1, 0.15) is 6.42 Å². The van der Waals surface area contributed by atoms with E-state index in [0.29, 0.717) is 19.6 Å². The Hall–Kier alpha value is -0.940. The van der Waals surface area contributed by atoms with Crippen molar-refractivity contribution in [3.63, 3.8) is 0 Å². The minimum Gasteiger partial charge on any atom is -0.396 e. The van der Waals surface area contributed by atoms with E-state index in [1.165, 1.54) is 0 Å². The predicted molar refractivity (Wildman–Crippen MR) is 40.5 cm³/mol. The van der Waals surface area contributed by atoms with Crippen LogP contribution in [0.5, 0.6) is 0 Å². The van der Waals surface area contributed by atoms with Crippen molar-refractivity contribution in [3.8, 4) is 0 Å². The summed E-state index contributed by atoms with van der Waals surface area (Å²) < 4.78 is 6.89. The highest BCUT2D eigenvalue weighted by Gasteiger charge is 2.40. The zero-order chi connectivity index (χ0) is 8.44. The summed E-state index contributed by atoms with van der Waals surface area (Å²) in [5.74, 6) is 0. The van der Waals surface area contributed by atoms with Crippen LogP contribution in [0.2, 0.25) is 0 Å². The first-order valence-electron chi connectivity index (χ1n) is 3.93. The average Bonchev–Trinajstić information content (AvgIpc) is 2.48. The van der Waals surface area contributed by atoms with Gasteiger partial charge >= 0.3 is 0 Å². The van der Waals surface area contributed by atoms with Gasteiger partial charge in [0.15, 0.2) is 0 Å². The summed E-state index contributed by atoms with van der Waals surface area (Å²) in [5.41, 5.74) is -0.134. The maximum absolute atomic E-state index is 8.85. The fourth-order valence-electron chi connectivity index (χ4n) is 1.40. The molecule has 2 rings (SSSR count). The average molecular weight is 169 g/mol. The van der Waals surface area contributed by atoms with Gasteiger partial charge in [0.2, 0.25) is 0 Å². The van der Waals surface area contributed by atoms with Crippen molar-refractivity contribution in [2.45, 2.75) is 12.0 Å². The van der Waals surface area contributed by atoms with Gasteiger partial charge in [0.05, 0.1) is 19.4 Å². The first-order valence-corrected chi connectivity index (χ1v) is 3.93. The number of aliphatic hydroxyl groups is 1. The fourth-order valence-corrected chi connectivity index (χ4v) is 1.40. The van der Waals surface area contributed by atoms with Crippen LogP contribution < -0.4 is 0 Å². The van der Waals surface area contributed by atoms with Gasteiger partial charge in [-0.2, -0.15) is 0 Å². The van der Waals surface area contributed by atoms with E-state index in [4.69, 9.17) is 9.84 Å². The molecule has 0 amide bonds. The van der Waals surface area contributed by atoms with Crippen molar-refractivity contribution in [2.24, 2.45) is 0 Å². The van der Waals surface area contributed by atoms with Gasteiger partial charge in [0, 0.05) is 19.2 Å². The van der Waals surface area contributed by atoms with E-state index < -0.39 is 0 Å². The van der Waals surface area contributed by atoms with Crippen LogP contribution in [0.3, 0.4) is 0 Å². The van der Waals surface area contributed by atoms with Gasteiger partial charge in [-0.3, -0.25) is 0 Å². The maximum Gasteiger partial charge on any atom is 0.113 e. The molecule has 1 aliphatic rings. The van der Waals surface area contributed by atoms with Gasteiger partial charge in [-0.15, -0.1) is 5.10 Å². The zero-order valence-electron chi connectivity index (χ0n) is 6.68. The van der Waals surface area contributed by atoms with Crippen LogP contribution in [0, 0.1) is 0 Å². The van der Waals surface area contributed by atoms with Crippen molar-refractivity contribution in [1.82, 2.24) is 15.0 Å². The second-order valence-corrected chi connectivity index (χ2v) is 3.04. The summed E-state index contributed by atoms with van der Waals surface area (Å²) in [6.07, 6.45) is 4.12. The van der Waals surface area contributed by atoms with Crippen molar-refractivity contribution < 1.29 is 9.84 Å². The summed E-state index contributed by atoms with van der Waals surface area (Å²) in [6.45, 7) is 1.40. The third-order valence-corrected chi connectivity index (χ3v) is 2.23.